The molecule has 0 radical (unpaired) electrons. The third kappa shape index (κ3) is 4.46. The third-order valence-electron chi connectivity index (χ3n) is 5.20. The summed E-state index contributed by atoms with van der Waals surface area (Å²) in [5.41, 5.74) is 0.847. The fourth-order valence-corrected chi connectivity index (χ4v) is 3.92. The number of hydrogen-bond donors (Lipinski definition) is 3. The molecule has 12 heteroatoms. The summed E-state index contributed by atoms with van der Waals surface area (Å²) >= 11 is 5.95. The molecule has 3 heterocycles. The normalized spacial score (nSPS) is 11.2. The van der Waals surface area contributed by atoms with E-state index in [2.05, 4.69) is 25.7 Å². The van der Waals surface area contributed by atoms with Gasteiger partial charge in [-0.3, -0.25) is 23.9 Å². The molecule has 0 aliphatic heterocycles. The van der Waals surface area contributed by atoms with Crippen molar-refractivity contribution in [1.29, 1.82) is 0 Å². The lowest BCUT2D eigenvalue weighted by Gasteiger charge is -2.09. The van der Waals surface area contributed by atoms with Gasteiger partial charge in [-0.2, -0.15) is 5.10 Å². The zero-order valence-electron chi connectivity index (χ0n) is 19.1. The number of nitrogens with one attached hydrogen (secondary N) is 3. The van der Waals surface area contributed by atoms with Crippen LogP contribution >= 0.6 is 11.6 Å². The van der Waals surface area contributed by atoms with E-state index in [4.69, 9.17) is 11.6 Å². The fraction of sp³-hybridized carbons (Fsp3) is 0.318. The molecular formula is C22H25ClN8O3. The highest BCUT2D eigenvalue weighted by Gasteiger charge is 2.19. The molecule has 1 aromatic carbocycles. The monoisotopic (exact) mass is 484 g/mol. The van der Waals surface area contributed by atoms with E-state index in [0.29, 0.717) is 53.8 Å². The van der Waals surface area contributed by atoms with Crippen molar-refractivity contribution in [3.63, 3.8) is 0 Å². The topological polar surface area (TPSA) is 132 Å². The minimum atomic E-state index is -0.490. The van der Waals surface area contributed by atoms with Crippen molar-refractivity contribution in [3.05, 3.63) is 56.2 Å². The summed E-state index contributed by atoms with van der Waals surface area (Å²) in [5.74, 6) is 0.649. The van der Waals surface area contributed by atoms with Crippen molar-refractivity contribution >= 4 is 40.3 Å². The lowest BCUT2D eigenvalue weighted by atomic mass is 10.3. The number of amides is 2. The summed E-state index contributed by atoms with van der Waals surface area (Å²) in [6.07, 6.45) is 1.37. The standard InChI is InChI=1S/C22H25ClN8O3/c1-4-9-30-19-17(20(32)31(10-5-2)22(30)34)26-18(27-19)15-12-16(28-29(15)3)25-21(33)24-14-8-6-7-13(23)11-14/h6-8,11-12H,4-5,9-10H2,1-3H3,(H,26,27)(H2,24,25,28,33). The average Bonchev–Trinajstić information content (AvgIpc) is 3.37. The molecule has 4 aromatic rings. The van der Waals surface area contributed by atoms with E-state index in [9.17, 15) is 14.4 Å². The van der Waals surface area contributed by atoms with Gasteiger partial charge in [-0.15, -0.1) is 0 Å². The summed E-state index contributed by atoms with van der Waals surface area (Å²) in [5, 5.41) is 10.2. The number of anilines is 2. The quantitative estimate of drug-likeness (QED) is 0.370. The lowest BCUT2D eigenvalue weighted by Crippen LogP contribution is -2.40. The van der Waals surface area contributed by atoms with Crippen LogP contribution in [0.5, 0.6) is 0 Å². The highest BCUT2D eigenvalue weighted by Crippen LogP contribution is 2.22. The molecule has 2 amide bonds. The number of nitrogens with zero attached hydrogens (tertiary/aromatic N) is 5. The van der Waals surface area contributed by atoms with E-state index < -0.39 is 11.6 Å². The van der Waals surface area contributed by atoms with Crippen LogP contribution in [0.3, 0.4) is 0 Å². The Morgan fingerprint density at radius 2 is 1.82 bits per heavy atom. The molecule has 4 rings (SSSR count). The van der Waals surface area contributed by atoms with Crippen LogP contribution in [-0.4, -0.2) is 34.9 Å². The van der Waals surface area contributed by atoms with Gasteiger partial charge in [0.05, 0.1) is 0 Å². The second-order valence-electron chi connectivity index (χ2n) is 7.80. The SMILES string of the molecule is CCCn1c(=O)c2[nH]c(-c3cc(NC(=O)Nc4cccc(Cl)c4)nn3C)nc2n(CCC)c1=O. The van der Waals surface area contributed by atoms with Gasteiger partial charge in [-0.05, 0) is 31.0 Å². The van der Waals surface area contributed by atoms with Crippen LogP contribution in [-0.2, 0) is 20.1 Å². The number of hydrogen-bond acceptors (Lipinski definition) is 5. The Labute approximate surface area is 199 Å². The molecule has 0 saturated heterocycles. The second kappa shape index (κ2) is 9.56. The third-order valence-corrected chi connectivity index (χ3v) is 5.44. The predicted molar refractivity (Wildman–Crippen MR) is 131 cm³/mol. The zero-order valence-corrected chi connectivity index (χ0v) is 19.8. The number of carbonyl (C=O) groups is 1. The molecule has 3 aromatic heterocycles. The van der Waals surface area contributed by atoms with Crippen molar-refractivity contribution in [2.45, 2.75) is 39.8 Å². The van der Waals surface area contributed by atoms with Crippen molar-refractivity contribution in [1.82, 2.24) is 28.9 Å². The van der Waals surface area contributed by atoms with E-state index >= 15 is 0 Å². The van der Waals surface area contributed by atoms with Crippen LogP contribution in [0, 0.1) is 0 Å². The lowest BCUT2D eigenvalue weighted by molar-refractivity contribution is 0.262. The number of carbonyl (C=O) groups excluding carboxylic acids is 1. The van der Waals surface area contributed by atoms with Crippen LogP contribution in [0.25, 0.3) is 22.7 Å². The molecule has 0 fully saturated rings. The van der Waals surface area contributed by atoms with E-state index in [1.807, 2.05) is 13.8 Å². The molecular weight excluding hydrogens is 460 g/mol. The molecule has 11 nitrogen and oxygen atoms in total. The number of benzene rings is 1. The van der Waals surface area contributed by atoms with Crippen LogP contribution in [0.15, 0.2) is 39.9 Å². The van der Waals surface area contributed by atoms with Gasteiger partial charge in [0.2, 0.25) is 0 Å². The smallest absolute Gasteiger partial charge is 0.331 e. The van der Waals surface area contributed by atoms with Crippen LogP contribution in [0.1, 0.15) is 26.7 Å². The van der Waals surface area contributed by atoms with Crippen molar-refractivity contribution in [3.8, 4) is 11.5 Å². The molecule has 0 atom stereocenters. The second-order valence-corrected chi connectivity index (χ2v) is 8.24. The summed E-state index contributed by atoms with van der Waals surface area (Å²) in [6, 6.07) is 7.91. The van der Waals surface area contributed by atoms with Gasteiger partial charge in [-0.1, -0.05) is 31.5 Å². The Bertz CT molecular complexity index is 1480. The Morgan fingerprint density at radius 1 is 1.09 bits per heavy atom. The molecule has 0 saturated carbocycles. The first-order valence-corrected chi connectivity index (χ1v) is 11.3. The first-order valence-electron chi connectivity index (χ1n) is 10.9. The molecule has 0 spiro atoms. The zero-order chi connectivity index (χ0) is 24.4. The molecule has 0 unspecified atom stereocenters. The van der Waals surface area contributed by atoms with Crippen LogP contribution in [0.4, 0.5) is 16.3 Å². The van der Waals surface area contributed by atoms with Gasteiger partial charge in [0.1, 0.15) is 11.2 Å². The summed E-state index contributed by atoms with van der Waals surface area (Å²) in [4.78, 5) is 45.8. The fourth-order valence-electron chi connectivity index (χ4n) is 3.73. The number of aromatic nitrogens is 6. The first-order chi connectivity index (χ1) is 16.3. The van der Waals surface area contributed by atoms with E-state index in [-0.39, 0.29) is 17.0 Å². The maximum atomic E-state index is 13.0. The minimum absolute atomic E-state index is 0.255. The van der Waals surface area contributed by atoms with Gasteiger partial charge >= 0.3 is 11.7 Å². The van der Waals surface area contributed by atoms with E-state index in [0.717, 1.165) is 0 Å². The molecule has 0 aliphatic rings. The number of H-pyrrole nitrogens is 1. The van der Waals surface area contributed by atoms with Crippen molar-refractivity contribution < 1.29 is 4.79 Å². The highest BCUT2D eigenvalue weighted by atomic mass is 35.5. The maximum Gasteiger partial charge on any atom is 0.332 e. The molecule has 0 bridgehead atoms. The largest absolute Gasteiger partial charge is 0.332 e. The van der Waals surface area contributed by atoms with Gasteiger partial charge < -0.3 is 10.3 Å². The minimum Gasteiger partial charge on any atom is -0.331 e. The van der Waals surface area contributed by atoms with Crippen molar-refractivity contribution in [2.75, 3.05) is 10.6 Å². The first kappa shape index (κ1) is 23.3. The average molecular weight is 485 g/mol. The number of imidazole rings is 1. The van der Waals surface area contributed by atoms with Gasteiger partial charge in [0.15, 0.2) is 17.3 Å². The molecule has 34 heavy (non-hydrogen) atoms. The summed E-state index contributed by atoms with van der Waals surface area (Å²) in [7, 11) is 1.69. The number of fused-ring (bicyclic) bond motifs is 1. The van der Waals surface area contributed by atoms with Crippen LogP contribution < -0.4 is 21.9 Å². The number of halogens is 1. The Hall–Kier alpha value is -3.86. The van der Waals surface area contributed by atoms with E-state index in [1.54, 1.807) is 37.4 Å². The van der Waals surface area contributed by atoms with E-state index in [1.165, 1.54) is 13.8 Å². The highest BCUT2D eigenvalue weighted by molar-refractivity contribution is 6.30. The van der Waals surface area contributed by atoms with Crippen molar-refractivity contribution in [2.24, 2.45) is 7.05 Å². The molecule has 0 aliphatic carbocycles. The molecule has 178 valence electrons. The maximum absolute atomic E-state index is 13.0. The Morgan fingerprint density at radius 3 is 2.53 bits per heavy atom. The van der Waals surface area contributed by atoms with Gasteiger partial charge in [-0.25, -0.2) is 14.6 Å². The summed E-state index contributed by atoms with van der Waals surface area (Å²) < 4.78 is 4.27. The predicted octanol–water partition coefficient (Wildman–Crippen LogP) is 3.40. The number of rotatable bonds is 7. The number of urea groups is 1. The molecule has 3 N–H and O–H groups in total. The van der Waals surface area contributed by atoms with Gasteiger partial charge in [0, 0.05) is 36.9 Å². The van der Waals surface area contributed by atoms with Crippen LogP contribution in [0.2, 0.25) is 5.02 Å². The number of aryl methyl sites for hydroxylation is 2. The Balaban J connectivity index is 1.68. The number of aromatic amines is 1. The van der Waals surface area contributed by atoms with Gasteiger partial charge in [0.25, 0.3) is 5.56 Å². The summed E-state index contributed by atoms with van der Waals surface area (Å²) in [6.45, 7) is 4.62. The Kier molecular flexibility index (Phi) is 6.55.